The standard InChI is InChI=1S/C13H17N3O2/c1-8-4-10(6-11(14)5-8)13(18)16-3-2-9(7-16)12(15)17/h4-6,9H,2-3,7,14H2,1H3,(H2,15,17). The number of hydrogen-bond donors (Lipinski definition) is 2. The summed E-state index contributed by atoms with van der Waals surface area (Å²) in [6, 6.07) is 5.27. The van der Waals surface area contributed by atoms with Crippen LogP contribution in [0.2, 0.25) is 0 Å². The van der Waals surface area contributed by atoms with E-state index in [1.807, 2.05) is 13.0 Å². The predicted octanol–water partition coefficient (Wildman–Crippen LogP) is 0.525. The van der Waals surface area contributed by atoms with Crippen LogP contribution in [0, 0.1) is 12.8 Å². The summed E-state index contributed by atoms with van der Waals surface area (Å²) >= 11 is 0. The maximum absolute atomic E-state index is 12.2. The molecule has 1 unspecified atom stereocenters. The van der Waals surface area contributed by atoms with Crippen molar-refractivity contribution in [1.82, 2.24) is 4.90 Å². The molecule has 2 rings (SSSR count). The molecule has 0 spiro atoms. The summed E-state index contributed by atoms with van der Waals surface area (Å²) in [5.41, 5.74) is 13.1. The Bertz CT molecular complexity index is 479. The Hall–Kier alpha value is -2.04. The summed E-state index contributed by atoms with van der Waals surface area (Å²) in [6.45, 7) is 2.87. The Morgan fingerprint density at radius 3 is 2.61 bits per heavy atom. The largest absolute Gasteiger partial charge is 0.399 e. The van der Waals surface area contributed by atoms with E-state index in [1.54, 1.807) is 17.0 Å². The van der Waals surface area contributed by atoms with E-state index in [1.165, 1.54) is 0 Å². The zero-order chi connectivity index (χ0) is 13.3. The first-order chi connectivity index (χ1) is 8.47. The molecule has 96 valence electrons. The number of rotatable bonds is 2. The van der Waals surface area contributed by atoms with Gasteiger partial charge in [0.25, 0.3) is 5.91 Å². The van der Waals surface area contributed by atoms with Crippen molar-refractivity contribution in [3.05, 3.63) is 29.3 Å². The number of primary amides is 1. The van der Waals surface area contributed by atoms with Gasteiger partial charge in [0.2, 0.25) is 5.91 Å². The highest BCUT2D eigenvalue weighted by Crippen LogP contribution is 2.20. The fourth-order valence-electron chi connectivity index (χ4n) is 2.30. The molecule has 18 heavy (non-hydrogen) atoms. The predicted molar refractivity (Wildman–Crippen MR) is 68.8 cm³/mol. The van der Waals surface area contributed by atoms with Crippen LogP contribution in [0.4, 0.5) is 5.69 Å². The number of hydrogen-bond acceptors (Lipinski definition) is 3. The lowest BCUT2D eigenvalue weighted by Gasteiger charge is -2.16. The maximum Gasteiger partial charge on any atom is 0.253 e. The molecular formula is C13H17N3O2. The topological polar surface area (TPSA) is 89.4 Å². The van der Waals surface area contributed by atoms with Crippen molar-refractivity contribution in [3.8, 4) is 0 Å². The molecule has 1 heterocycles. The van der Waals surface area contributed by atoms with Gasteiger partial charge in [-0.3, -0.25) is 9.59 Å². The Morgan fingerprint density at radius 1 is 1.33 bits per heavy atom. The van der Waals surface area contributed by atoms with Crippen LogP contribution < -0.4 is 11.5 Å². The zero-order valence-corrected chi connectivity index (χ0v) is 10.3. The first kappa shape index (κ1) is 12.4. The second-order valence-corrected chi connectivity index (χ2v) is 4.77. The number of carbonyl (C=O) groups is 2. The van der Waals surface area contributed by atoms with Crippen molar-refractivity contribution in [3.63, 3.8) is 0 Å². The molecule has 1 aliphatic heterocycles. The van der Waals surface area contributed by atoms with E-state index in [9.17, 15) is 9.59 Å². The Labute approximate surface area is 106 Å². The van der Waals surface area contributed by atoms with Crippen LogP contribution in [0.15, 0.2) is 18.2 Å². The Kier molecular flexibility index (Phi) is 3.23. The number of anilines is 1. The van der Waals surface area contributed by atoms with Gasteiger partial charge in [0.05, 0.1) is 5.92 Å². The summed E-state index contributed by atoms with van der Waals surface area (Å²) in [5.74, 6) is -0.653. The maximum atomic E-state index is 12.2. The van der Waals surface area contributed by atoms with Gasteiger partial charge in [0, 0.05) is 24.3 Å². The molecule has 0 saturated carbocycles. The van der Waals surface area contributed by atoms with E-state index in [0.717, 1.165) is 5.56 Å². The van der Waals surface area contributed by atoms with Crippen LogP contribution in [-0.4, -0.2) is 29.8 Å². The molecule has 0 bridgehead atoms. The van der Waals surface area contributed by atoms with Crippen molar-refractivity contribution < 1.29 is 9.59 Å². The van der Waals surface area contributed by atoms with Gasteiger partial charge in [0.15, 0.2) is 0 Å². The van der Waals surface area contributed by atoms with Crippen molar-refractivity contribution in [2.24, 2.45) is 11.7 Å². The molecule has 1 aromatic rings. The molecule has 1 aromatic carbocycles. The second kappa shape index (κ2) is 4.68. The number of benzene rings is 1. The molecule has 2 amide bonds. The smallest absolute Gasteiger partial charge is 0.253 e. The number of nitrogen functional groups attached to an aromatic ring is 1. The highest BCUT2D eigenvalue weighted by molar-refractivity contribution is 5.96. The lowest BCUT2D eigenvalue weighted by Crippen LogP contribution is -2.31. The van der Waals surface area contributed by atoms with E-state index in [4.69, 9.17) is 11.5 Å². The SMILES string of the molecule is Cc1cc(N)cc(C(=O)N2CCC(C(N)=O)C2)c1. The number of amides is 2. The Morgan fingerprint density at radius 2 is 2.06 bits per heavy atom. The third-order valence-corrected chi connectivity index (χ3v) is 3.22. The average molecular weight is 247 g/mol. The van der Waals surface area contributed by atoms with Gasteiger partial charge in [-0.15, -0.1) is 0 Å². The van der Waals surface area contributed by atoms with Gasteiger partial charge in [-0.05, 0) is 37.1 Å². The van der Waals surface area contributed by atoms with Gasteiger partial charge in [-0.1, -0.05) is 0 Å². The van der Waals surface area contributed by atoms with E-state index in [-0.39, 0.29) is 17.7 Å². The summed E-state index contributed by atoms with van der Waals surface area (Å²) < 4.78 is 0. The van der Waals surface area contributed by atoms with E-state index in [0.29, 0.717) is 30.8 Å². The molecule has 0 aromatic heterocycles. The molecule has 4 N–H and O–H groups in total. The zero-order valence-electron chi connectivity index (χ0n) is 10.3. The van der Waals surface area contributed by atoms with Crippen LogP contribution in [0.5, 0.6) is 0 Å². The number of carbonyl (C=O) groups excluding carboxylic acids is 2. The molecule has 0 aliphatic carbocycles. The minimum absolute atomic E-state index is 0.0887. The van der Waals surface area contributed by atoms with Crippen LogP contribution in [0.25, 0.3) is 0 Å². The first-order valence-electron chi connectivity index (χ1n) is 5.93. The fourth-order valence-corrected chi connectivity index (χ4v) is 2.30. The minimum atomic E-state index is -0.339. The molecule has 1 fully saturated rings. The highest BCUT2D eigenvalue weighted by Gasteiger charge is 2.30. The lowest BCUT2D eigenvalue weighted by molar-refractivity contribution is -0.121. The van der Waals surface area contributed by atoms with Gasteiger partial charge < -0.3 is 16.4 Å². The second-order valence-electron chi connectivity index (χ2n) is 4.77. The highest BCUT2D eigenvalue weighted by atomic mass is 16.2. The summed E-state index contributed by atoms with van der Waals surface area (Å²) in [5, 5.41) is 0. The monoisotopic (exact) mass is 247 g/mol. The number of nitrogens with two attached hydrogens (primary N) is 2. The van der Waals surface area contributed by atoms with E-state index < -0.39 is 0 Å². The average Bonchev–Trinajstić information content (AvgIpc) is 2.75. The molecule has 5 nitrogen and oxygen atoms in total. The summed E-state index contributed by atoms with van der Waals surface area (Å²) in [7, 11) is 0. The van der Waals surface area contributed by atoms with Gasteiger partial charge in [0.1, 0.15) is 0 Å². The number of likely N-dealkylation sites (tertiary alicyclic amines) is 1. The minimum Gasteiger partial charge on any atom is -0.399 e. The van der Waals surface area contributed by atoms with Gasteiger partial charge >= 0.3 is 0 Å². The molecule has 1 saturated heterocycles. The Balaban J connectivity index is 2.15. The molecule has 1 aliphatic rings. The first-order valence-corrected chi connectivity index (χ1v) is 5.93. The van der Waals surface area contributed by atoms with Crippen molar-refractivity contribution in [1.29, 1.82) is 0 Å². The van der Waals surface area contributed by atoms with Crippen molar-refractivity contribution in [2.45, 2.75) is 13.3 Å². The molecular weight excluding hydrogens is 230 g/mol. The summed E-state index contributed by atoms with van der Waals surface area (Å²) in [6.07, 6.45) is 0.641. The quantitative estimate of drug-likeness (QED) is 0.747. The van der Waals surface area contributed by atoms with E-state index >= 15 is 0 Å². The number of aryl methyl sites for hydroxylation is 1. The van der Waals surface area contributed by atoms with Crippen LogP contribution in [-0.2, 0) is 4.79 Å². The third-order valence-electron chi connectivity index (χ3n) is 3.22. The number of nitrogens with zero attached hydrogens (tertiary/aromatic N) is 1. The van der Waals surface area contributed by atoms with Crippen LogP contribution in [0.1, 0.15) is 22.3 Å². The third kappa shape index (κ3) is 2.45. The van der Waals surface area contributed by atoms with Crippen LogP contribution in [0.3, 0.4) is 0 Å². The van der Waals surface area contributed by atoms with Crippen molar-refractivity contribution in [2.75, 3.05) is 18.8 Å². The summed E-state index contributed by atoms with van der Waals surface area (Å²) in [4.78, 5) is 25.0. The lowest BCUT2D eigenvalue weighted by atomic mass is 10.1. The van der Waals surface area contributed by atoms with E-state index in [2.05, 4.69) is 0 Å². The molecule has 0 radical (unpaired) electrons. The molecule has 1 atom stereocenters. The van der Waals surface area contributed by atoms with Gasteiger partial charge in [-0.2, -0.15) is 0 Å². The van der Waals surface area contributed by atoms with Crippen LogP contribution >= 0.6 is 0 Å². The fraction of sp³-hybridized carbons (Fsp3) is 0.385. The normalized spacial score (nSPS) is 18.9. The molecule has 5 heteroatoms. The van der Waals surface area contributed by atoms with Crippen molar-refractivity contribution >= 4 is 17.5 Å². The van der Waals surface area contributed by atoms with Gasteiger partial charge in [-0.25, -0.2) is 0 Å².